The molecule has 1 unspecified atom stereocenters. The lowest BCUT2D eigenvalue weighted by Gasteiger charge is -2.57. The highest BCUT2D eigenvalue weighted by molar-refractivity contribution is 5.94. The van der Waals surface area contributed by atoms with Crippen molar-refractivity contribution in [1.29, 1.82) is 0 Å². The molecule has 5 rings (SSSR count). The molecule has 4 nitrogen and oxygen atoms in total. The number of amides is 1. The Morgan fingerprint density at radius 2 is 1.66 bits per heavy atom. The van der Waals surface area contributed by atoms with Crippen LogP contribution < -0.4 is 10.1 Å². The summed E-state index contributed by atoms with van der Waals surface area (Å²) >= 11 is 0. The summed E-state index contributed by atoms with van der Waals surface area (Å²) in [6.45, 7) is -1.18. The molecule has 1 aromatic carbocycles. The molecule has 0 heterocycles. The number of alkyl halides is 3. The van der Waals surface area contributed by atoms with Gasteiger partial charge in [0.05, 0.1) is 6.10 Å². The highest BCUT2D eigenvalue weighted by atomic mass is 19.4. The van der Waals surface area contributed by atoms with Crippen molar-refractivity contribution in [2.75, 3.05) is 13.2 Å². The number of aliphatic hydroxyl groups excluding tert-OH is 1. The first-order valence-electron chi connectivity index (χ1n) is 10.5. The number of halogens is 3. The van der Waals surface area contributed by atoms with Gasteiger partial charge in [-0.1, -0.05) is 0 Å². The third-order valence-electron chi connectivity index (χ3n) is 6.84. The first-order valence-corrected chi connectivity index (χ1v) is 10.5. The monoisotopic (exact) mass is 411 g/mol. The van der Waals surface area contributed by atoms with Crippen LogP contribution in [0.4, 0.5) is 13.2 Å². The maximum atomic E-state index is 12.2. The summed E-state index contributed by atoms with van der Waals surface area (Å²) in [5.74, 6) is 2.22. The minimum atomic E-state index is -4.44. The fraction of sp³-hybridized carbons (Fsp3) is 0.682. The van der Waals surface area contributed by atoms with E-state index >= 15 is 0 Å². The minimum absolute atomic E-state index is 0.135. The molecule has 1 amide bonds. The quantitative estimate of drug-likeness (QED) is 0.702. The Bertz CT molecular complexity index is 697. The largest absolute Gasteiger partial charge is 0.491 e. The van der Waals surface area contributed by atoms with Crippen molar-refractivity contribution in [2.24, 2.45) is 23.2 Å². The Labute approximate surface area is 168 Å². The molecule has 4 saturated carbocycles. The fourth-order valence-electron chi connectivity index (χ4n) is 6.28. The summed E-state index contributed by atoms with van der Waals surface area (Å²) < 4.78 is 42.2. The molecule has 1 atom stereocenters. The highest BCUT2D eigenvalue weighted by Gasteiger charge is 2.51. The van der Waals surface area contributed by atoms with Crippen molar-refractivity contribution in [2.45, 2.75) is 57.2 Å². The smallest absolute Gasteiger partial charge is 0.405 e. The molecule has 4 fully saturated rings. The number of aliphatic hydroxyl groups is 1. The van der Waals surface area contributed by atoms with E-state index in [1.165, 1.54) is 50.7 Å². The van der Waals surface area contributed by atoms with Gasteiger partial charge in [-0.3, -0.25) is 4.79 Å². The van der Waals surface area contributed by atoms with Crippen LogP contribution in [-0.4, -0.2) is 36.4 Å². The molecule has 2 N–H and O–H groups in total. The lowest BCUT2D eigenvalue weighted by molar-refractivity contribution is -0.123. The zero-order chi connectivity index (χ0) is 20.6. The van der Waals surface area contributed by atoms with Gasteiger partial charge < -0.3 is 15.2 Å². The summed E-state index contributed by atoms with van der Waals surface area (Å²) in [5.41, 5.74) is 0.411. The van der Waals surface area contributed by atoms with Crippen LogP contribution in [0, 0.1) is 23.2 Å². The molecule has 1 aromatic rings. The van der Waals surface area contributed by atoms with E-state index < -0.39 is 24.7 Å². The molecule has 0 saturated heterocycles. The van der Waals surface area contributed by atoms with Gasteiger partial charge in [0, 0.05) is 5.56 Å². The topological polar surface area (TPSA) is 58.6 Å². The zero-order valence-corrected chi connectivity index (χ0v) is 16.4. The molecule has 4 bridgehead atoms. The van der Waals surface area contributed by atoms with E-state index in [0.717, 1.165) is 24.2 Å². The van der Waals surface area contributed by atoms with Crippen molar-refractivity contribution >= 4 is 5.91 Å². The molecule has 0 radical (unpaired) electrons. The van der Waals surface area contributed by atoms with Gasteiger partial charge in [0.1, 0.15) is 18.9 Å². The van der Waals surface area contributed by atoms with Crippen molar-refractivity contribution in [3.05, 3.63) is 29.8 Å². The summed E-state index contributed by atoms with van der Waals surface area (Å²) in [7, 11) is 0. The second-order valence-electron chi connectivity index (χ2n) is 9.41. The maximum absolute atomic E-state index is 12.2. The molecular formula is C22H28F3NO3. The molecule has 0 spiro atoms. The Morgan fingerprint density at radius 1 is 1.10 bits per heavy atom. The Morgan fingerprint density at radius 3 is 2.17 bits per heavy atom. The van der Waals surface area contributed by atoms with E-state index in [1.807, 2.05) is 5.32 Å². The summed E-state index contributed by atoms with van der Waals surface area (Å²) in [5, 5.41) is 12.4. The normalized spacial score (nSPS) is 31.5. The van der Waals surface area contributed by atoms with Crippen LogP contribution in [0.15, 0.2) is 24.3 Å². The average Bonchev–Trinajstić information content (AvgIpc) is 2.63. The van der Waals surface area contributed by atoms with Gasteiger partial charge >= 0.3 is 6.18 Å². The predicted molar refractivity (Wildman–Crippen MR) is 102 cm³/mol. The van der Waals surface area contributed by atoms with Crippen molar-refractivity contribution in [3.8, 4) is 5.75 Å². The van der Waals surface area contributed by atoms with E-state index in [4.69, 9.17) is 4.74 Å². The number of nitrogens with one attached hydrogen (secondary N) is 1. The van der Waals surface area contributed by atoms with Gasteiger partial charge in [-0.05, 0) is 92.4 Å². The first kappa shape index (κ1) is 20.5. The molecule has 4 aliphatic rings. The molecule has 29 heavy (non-hydrogen) atoms. The van der Waals surface area contributed by atoms with Crippen LogP contribution in [0.25, 0.3) is 0 Å². The Balaban J connectivity index is 1.25. The van der Waals surface area contributed by atoms with Gasteiger partial charge in [-0.25, -0.2) is 0 Å². The van der Waals surface area contributed by atoms with Crippen molar-refractivity contribution in [1.82, 2.24) is 5.32 Å². The lowest BCUT2D eigenvalue weighted by Crippen LogP contribution is -2.47. The van der Waals surface area contributed by atoms with E-state index in [2.05, 4.69) is 0 Å². The summed E-state index contributed by atoms with van der Waals surface area (Å²) in [4.78, 5) is 11.7. The zero-order valence-electron chi connectivity index (χ0n) is 16.4. The third-order valence-corrected chi connectivity index (χ3v) is 6.84. The molecule has 0 aromatic heterocycles. The fourth-order valence-corrected chi connectivity index (χ4v) is 6.28. The standard InChI is InChI=1S/C22H28F3NO3/c23-22(24,25)13-26-20(28)17-1-3-19(4-2-17)29-12-18(27)11-21-8-14-5-15(9-21)7-16(6-14)10-21/h1-4,14-16,18,27H,5-13H2,(H,26,28). The van der Waals surface area contributed by atoms with Gasteiger partial charge in [0.25, 0.3) is 5.91 Å². The van der Waals surface area contributed by atoms with Crippen LogP contribution >= 0.6 is 0 Å². The average molecular weight is 411 g/mol. The van der Waals surface area contributed by atoms with E-state index in [-0.39, 0.29) is 17.6 Å². The number of carbonyl (C=O) groups is 1. The lowest BCUT2D eigenvalue weighted by atomic mass is 9.48. The number of rotatable bonds is 7. The first-order chi connectivity index (χ1) is 13.7. The van der Waals surface area contributed by atoms with Crippen LogP contribution in [-0.2, 0) is 0 Å². The Kier molecular flexibility index (Phi) is 5.53. The minimum Gasteiger partial charge on any atom is -0.491 e. The van der Waals surface area contributed by atoms with E-state index in [1.54, 1.807) is 12.1 Å². The SMILES string of the molecule is O=C(NCC(F)(F)F)c1ccc(OCC(O)CC23CC4CC(CC(C4)C2)C3)cc1. The van der Waals surface area contributed by atoms with Gasteiger partial charge in [-0.15, -0.1) is 0 Å². The van der Waals surface area contributed by atoms with E-state index in [0.29, 0.717) is 5.75 Å². The van der Waals surface area contributed by atoms with E-state index in [9.17, 15) is 23.1 Å². The summed E-state index contributed by atoms with van der Waals surface area (Å²) in [6, 6.07) is 5.93. The molecule has 0 aliphatic heterocycles. The predicted octanol–water partition coefficient (Wildman–Crippen LogP) is 4.32. The Hall–Kier alpha value is -1.76. The van der Waals surface area contributed by atoms with Gasteiger partial charge in [-0.2, -0.15) is 13.2 Å². The van der Waals surface area contributed by atoms with Crippen LogP contribution in [0.3, 0.4) is 0 Å². The molecule has 160 valence electrons. The highest BCUT2D eigenvalue weighted by Crippen LogP contribution is 2.61. The second-order valence-corrected chi connectivity index (χ2v) is 9.41. The molecule has 7 heteroatoms. The number of carbonyl (C=O) groups excluding carboxylic acids is 1. The number of hydrogen-bond donors (Lipinski definition) is 2. The molecular weight excluding hydrogens is 383 g/mol. The summed E-state index contributed by atoms with van der Waals surface area (Å²) in [6.07, 6.45) is 3.60. The third kappa shape index (κ3) is 5.05. The van der Waals surface area contributed by atoms with Gasteiger partial charge in [0.2, 0.25) is 0 Å². The van der Waals surface area contributed by atoms with Crippen molar-refractivity contribution < 1.29 is 27.8 Å². The number of hydrogen-bond acceptors (Lipinski definition) is 3. The maximum Gasteiger partial charge on any atom is 0.405 e. The van der Waals surface area contributed by atoms with Crippen LogP contribution in [0.5, 0.6) is 5.75 Å². The number of ether oxygens (including phenoxy) is 1. The second kappa shape index (κ2) is 7.82. The molecule has 4 aliphatic carbocycles. The van der Waals surface area contributed by atoms with Crippen LogP contribution in [0.1, 0.15) is 55.3 Å². The van der Waals surface area contributed by atoms with Gasteiger partial charge in [0.15, 0.2) is 0 Å². The number of benzene rings is 1. The van der Waals surface area contributed by atoms with Crippen LogP contribution in [0.2, 0.25) is 0 Å². The van der Waals surface area contributed by atoms with Crippen molar-refractivity contribution in [3.63, 3.8) is 0 Å².